The van der Waals surface area contributed by atoms with Crippen molar-refractivity contribution in [2.75, 3.05) is 12.3 Å². The topological polar surface area (TPSA) is 209 Å². The van der Waals surface area contributed by atoms with E-state index in [-0.39, 0.29) is 4.34 Å². The highest BCUT2D eigenvalue weighted by molar-refractivity contribution is 7.50. The molecule has 1 aliphatic rings. The Morgan fingerprint density at radius 2 is 1.95 bits per heavy atom. The molecule has 13 heteroatoms. The van der Waals surface area contributed by atoms with Gasteiger partial charge in [-0.05, 0) is 0 Å². The highest BCUT2D eigenvalue weighted by atomic mass is 31.2. The van der Waals surface area contributed by atoms with Crippen LogP contribution in [0, 0.1) is 0 Å². The van der Waals surface area contributed by atoms with Gasteiger partial charge in [0.2, 0.25) is 5.95 Å². The van der Waals surface area contributed by atoms with Gasteiger partial charge in [0.1, 0.15) is 24.4 Å². The Bertz CT molecular complexity index is 641. The molecule has 22 heavy (non-hydrogen) atoms. The normalized spacial score (nSPS) is 29.0. The van der Waals surface area contributed by atoms with Crippen LogP contribution >= 0.6 is 7.75 Å². The monoisotopic (exact) mass is 339 g/mol. The quantitative estimate of drug-likeness (QED) is 0.280. The Kier molecular flexibility index (Phi) is 4.28. The largest absolute Gasteiger partial charge is 0.476 e. The summed E-state index contributed by atoms with van der Waals surface area (Å²) in [7, 11) is -5.11. The molecular weight excluding hydrogens is 325 g/mol. The number of carboxylic acid groups (broad SMARTS) is 1. The van der Waals surface area contributed by atoms with Crippen molar-refractivity contribution < 1.29 is 44.3 Å². The maximum atomic E-state index is 11.5. The summed E-state index contributed by atoms with van der Waals surface area (Å²) in [4.78, 5) is 33.1. The number of hydrogen-bond donors (Lipinski definition) is 7. The second-order valence-electron chi connectivity index (χ2n) is 4.59. The minimum atomic E-state index is -5.11. The van der Waals surface area contributed by atoms with E-state index in [1.165, 1.54) is 0 Å². The number of anilines is 1. The second kappa shape index (κ2) is 5.59. The Morgan fingerprint density at radius 1 is 1.36 bits per heavy atom. The molecule has 0 spiro atoms. The van der Waals surface area contributed by atoms with E-state index in [0.717, 1.165) is 0 Å². The fraction of sp³-hybridized carbons (Fsp3) is 0.556. The maximum Gasteiger partial charge on any atom is 0.436 e. The number of nitrogens with two attached hydrogens (primary N) is 1. The van der Waals surface area contributed by atoms with E-state index >= 15 is 0 Å². The highest BCUT2D eigenvalue weighted by Crippen LogP contribution is 2.46. The maximum absolute atomic E-state index is 11.5. The van der Waals surface area contributed by atoms with Gasteiger partial charge in [-0.3, -0.25) is 0 Å². The van der Waals surface area contributed by atoms with Crippen LogP contribution in [0.25, 0.3) is 0 Å². The second-order valence-corrected chi connectivity index (χ2v) is 6.02. The van der Waals surface area contributed by atoms with E-state index in [2.05, 4.69) is 4.98 Å². The number of hydrogen-bond acceptors (Lipinski definition) is 8. The lowest BCUT2D eigenvalue weighted by atomic mass is 10.0. The van der Waals surface area contributed by atoms with Gasteiger partial charge in [0.25, 0.3) is 0 Å². The van der Waals surface area contributed by atoms with Gasteiger partial charge in [-0.25, -0.2) is 18.7 Å². The van der Waals surface area contributed by atoms with Gasteiger partial charge in [0.05, 0.1) is 12.3 Å². The van der Waals surface area contributed by atoms with Crippen molar-refractivity contribution in [3.8, 4) is 0 Å². The average molecular weight is 339 g/mol. The number of aromatic carboxylic acids is 1. The number of nitrogens with zero attached hydrogens (tertiary/aromatic N) is 2. The van der Waals surface area contributed by atoms with Crippen molar-refractivity contribution >= 4 is 19.7 Å². The van der Waals surface area contributed by atoms with Gasteiger partial charge in [0, 0.05) is 0 Å². The molecule has 2 heterocycles. The van der Waals surface area contributed by atoms with Crippen LogP contribution in [0.2, 0.25) is 0 Å². The summed E-state index contributed by atoms with van der Waals surface area (Å²) in [5.41, 5.74) is 3.80. The predicted octanol–water partition coefficient (Wildman–Crippen LogP) is -2.74. The lowest BCUT2D eigenvalue weighted by Gasteiger charge is -2.18. The predicted molar refractivity (Wildman–Crippen MR) is 67.8 cm³/mol. The first-order valence-electron chi connectivity index (χ1n) is 5.89. The minimum absolute atomic E-state index is 0.122. The third-order valence-corrected chi connectivity index (χ3v) is 4.13. The summed E-state index contributed by atoms with van der Waals surface area (Å²) < 4.78 is 16.7. The Labute approximate surface area is 122 Å². The van der Waals surface area contributed by atoms with Gasteiger partial charge in [0.15, 0.2) is 5.69 Å². The number of aliphatic hydroxyl groups excluding tert-OH is 3. The van der Waals surface area contributed by atoms with Crippen LogP contribution < -0.4 is 5.73 Å². The smallest absolute Gasteiger partial charge is 0.436 e. The number of carbonyl (C=O) groups is 1. The summed E-state index contributed by atoms with van der Waals surface area (Å²) in [6.45, 7) is -0.698. The Balaban J connectivity index is 2.64. The number of carboxylic acids is 1. The number of ether oxygens (including phenoxy) is 1. The molecule has 0 bridgehead atoms. The van der Waals surface area contributed by atoms with Gasteiger partial charge < -0.3 is 40.7 Å². The van der Waals surface area contributed by atoms with E-state index in [1.807, 2.05) is 0 Å². The van der Waals surface area contributed by atoms with Crippen LogP contribution in [0.4, 0.5) is 5.95 Å². The zero-order valence-corrected chi connectivity index (χ0v) is 11.7. The third kappa shape index (κ3) is 2.61. The molecule has 0 saturated carbocycles. The molecule has 0 aliphatic carbocycles. The van der Waals surface area contributed by atoms with Crippen molar-refractivity contribution in [2.24, 2.45) is 0 Å². The first-order valence-corrected chi connectivity index (χ1v) is 7.46. The zero-order chi connectivity index (χ0) is 16.8. The molecule has 12 nitrogen and oxygen atoms in total. The molecule has 1 fully saturated rings. The first-order chi connectivity index (χ1) is 10.1. The summed E-state index contributed by atoms with van der Waals surface area (Å²) >= 11 is 0. The van der Waals surface area contributed by atoms with Crippen molar-refractivity contribution in [3.05, 3.63) is 11.4 Å². The van der Waals surface area contributed by atoms with Crippen LogP contribution in [0.5, 0.6) is 0 Å². The number of rotatable bonds is 4. The zero-order valence-electron chi connectivity index (χ0n) is 10.8. The van der Waals surface area contributed by atoms with Crippen molar-refractivity contribution in [2.45, 2.75) is 24.4 Å². The van der Waals surface area contributed by atoms with Gasteiger partial charge in [-0.1, -0.05) is 0 Å². The molecule has 1 unspecified atom stereocenters. The van der Waals surface area contributed by atoms with Crippen molar-refractivity contribution in [3.63, 3.8) is 0 Å². The molecule has 124 valence electrons. The molecule has 0 radical (unpaired) electrons. The fourth-order valence-corrected chi connectivity index (χ4v) is 3.06. The molecule has 8 N–H and O–H groups in total. The molecule has 1 aromatic heterocycles. The number of imidazole rings is 1. The van der Waals surface area contributed by atoms with Crippen LogP contribution in [-0.2, 0) is 9.30 Å². The average Bonchev–Trinajstić information content (AvgIpc) is 2.88. The summed E-state index contributed by atoms with van der Waals surface area (Å²) in [5, 5.41) is 37.7. The minimum Gasteiger partial charge on any atom is -0.476 e. The van der Waals surface area contributed by atoms with Crippen LogP contribution in [-0.4, -0.2) is 70.4 Å². The van der Waals surface area contributed by atoms with Gasteiger partial charge >= 0.3 is 13.7 Å². The summed E-state index contributed by atoms with van der Waals surface area (Å²) in [6.07, 6.45) is -6.23. The SMILES string of the molecule is Nc1nc(C(=O)O)c(C2O[C@H](CO)[C@@H](O)[C@H]2O)n1P(=O)(O)O. The van der Waals surface area contributed by atoms with Crippen molar-refractivity contribution in [1.82, 2.24) is 9.32 Å². The Morgan fingerprint density at radius 3 is 2.36 bits per heavy atom. The lowest BCUT2D eigenvalue weighted by Crippen LogP contribution is -2.32. The molecule has 2 rings (SSSR count). The number of aliphatic hydroxyl groups is 3. The Hall–Kier alpha value is -1.53. The molecule has 1 aromatic rings. The van der Waals surface area contributed by atoms with Crippen molar-refractivity contribution in [1.29, 1.82) is 0 Å². The van der Waals surface area contributed by atoms with E-state index in [4.69, 9.17) is 20.7 Å². The summed E-state index contributed by atoms with van der Waals surface area (Å²) in [5.74, 6) is -2.45. The van der Waals surface area contributed by atoms with Gasteiger partial charge in [-0.15, -0.1) is 0 Å². The third-order valence-electron chi connectivity index (χ3n) is 3.19. The van der Waals surface area contributed by atoms with Gasteiger partial charge in [-0.2, -0.15) is 0 Å². The first kappa shape index (κ1) is 16.8. The fourth-order valence-electron chi connectivity index (χ4n) is 2.25. The van der Waals surface area contributed by atoms with E-state index in [9.17, 15) is 29.4 Å². The van der Waals surface area contributed by atoms with E-state index in [1.54, 1.807) is 0 Å². The van der Waals surface area contributed by atoms with Crippen LogP contribution in [0.3, 0.4) is 0 Å². The number of nitrogen functional groups attached to an aromatic ring is 1. The van der Waals surface area contributed by atoms with E-state index < -0.39 is 62.1 Å². The molecular formula is C9H14N3O9P. The molecule has 0 aromatic carbocycles. The number of aromatic nitrogens is 2. The molecule has 0 amide bonds. The standard InChI is InChI=1S/C9H14N3O9P/c10-9-11-3(8(16)17)4(12(9)22(18,19)20)7-6(15)5(14)2(1-13)21-7/h2,5-7,13-15H,1H2,(H2,10,11)(H,16,17)(H2,18,19,20)/t2-,5-,6-,7?/m1/s1. The van der Waals surface area contributed by atoms with Crippen LogP contribution in [0.1, 0.15) is 22.3 Å². The highest BCUT2D eigenvalue weighted by Gasteiger charge is 2.48. The molecule has 1 aliphatic heterocycles. The summed E-state index contributed by atoms with van der Waals surface area (Å²) in [6, 6.07) is 0. The lowest BCUT2D eigenvalue weighted by molar-refractivity contribution is -0.0245. The van der Waals surface area contributed by atoms with E-state index in [0.29, 0.717) is 0 Å². The van der Waals surface area contributed by atoms with Crippen LogP contribution in [0.15, 0.2) is 0 Å². The molecule has 4 atom stereocenters. The molecule has 1 saturated heterocycles.